The number of aryl methyl sites for hydroxylation is 1. The molecular weight excluding hydrogens is 422 g/mol. The van der Waals surface area contributed by atoms with Crippen molar-refractivity contribution in [3.63, 3.8) is 0 Å². The molecule has 1 heterocycles. The molecule has 1 fully saturated rings. The van der Waals surface area contributed by atoms with Gasteiger partial charge in [0, 0.05) is 18.4 Å². The van der Waals surface area contributed by atoms with Gasteiger partial charge < -0.3 is 9.15 Å². The molecule has 8 heteroatoms. The van der Waals surface area contributed by atoms with Crippen LogP contribution in [0.1, 0.15) is 37.7 Å². The highest BCUT2D eigenvalue weighted by molar-refractivity contribution is 5.78. The fraction of sp³-hybridized carbons (Fsp3) is 0.348. The van der Waals surface area contributed by atoms with Gasteiger partial charge in [0.05, 0.1) is 18.6 Å². The Bertz CT molecular complexity index is 1060. The Balaban J connectivity index is 0.000000491. The molecule has 4 rings (SSSR count). The highest BCUT2D eigenvalue weighted by Crippen LogP contribution is 2.24. The van der Waals surface area contributed by atoms with E-state index in [0.29, 0.717) is 6.04 Å². The molecule has 1 saturated carbocycles. The van der Waals surface area contributed by atoms with Crippen LogP contribution in [0.5, 0.6) is 5.75 Å². The summed E-state index contributed by atoms with van der Waals surface area (Å²) in [4.78, 5) is 3.80. The highest BCUT2D eigenvalue weighted by Gasteiger charge is 2.17. The van der Waals surface area contributed by atoms with Gasteiger partial charge in [-0.1, -0.05) is 18.1 Å². The van der Waals surface area contributed by atoms with E-state index in [2.05, 4.69) is 36.2 Å². The van der Waals surface area contributed by atoms with Crippen molar-refractivity contribution in [2.75, 3.05) is 7.11 Å². The van der Waals surface area contributed by atoms with Gasteiger partial charge >= 0.3 is 0 Å². The number of rotatable bonds is 3. The zero-order valence-electron chi connectivity index (χ0n) is 17.6. The van der Waals surface area contributed by atoms with Crippen LogP contribution in [0.15, 0.2) is 52.9 Å². The Morgan fingerprint density at radius 3 is 2.19 bits per heavy atom. The van der Waals surface area contributed by atoms with Gasteiger partial charge in [-0.05, 0) is 56.2 Å². The average Bonchev–Trinajstić information content (AvgIpc) is 2.73. The van der Waals surface area contributed by atoms with Crippen LogP contribution in [-0.2, 0) is 0 Å². The van der Waals surface area contributed by atoms with Crippen molar-refractivity contribution in [2.45, 2.75) is 45.1 Å². The summed E-state index contributed by atoms with van der Waals surface area (Å²) in [7, 11) is -3.26. The van der Waals surface area contributed by atoms with Crippen LogP contribution in [0, 0.1) is 17.2 Å². The molecule has 0 bridgehead atoms. The standard InChI is InChI=1S/C23H25NO2.ClHO4/c1-16-8-13-22-20(14-16)21(24-18-6-4-3-5-7-18)15-23(26-22)17-9-11-19(25-2)12-10-17;2-1(3,4)5/h8-15,18H,3-7H2,1-2H3;(H,2,3,4,5). The first-order valence-electron chi connectivity index (χ1n) is 10.1. The van der Waals surface area contributed by atoms with Crippen molar-refractivity contribution in [1.29, 1.82) is 0 Å². The van der Waals surface area contributed by atoms with Crippen LogP contribution in [-0.4, -0.2) is 13.2 Å². The second-order valence-electron chi connectivity index (χ2n) is 7.61. The average molecular weight is 448 g/mol. The molecule has 0 amide bonds. The van der Waals surface area contributed by atoms with Crippen LogP contribution in [0.2, 0.25) is 0 Å². The van der Waals surface area contributed by atoms with Crippen molar-refractivity contribution in [3.05, 3.63) is 59.5 Å². The minimum atomic E-state index is -4.94. The van der Waals surface area contributed by atoms with E-state index in [9.17, 15) is 0 Å². The zero-order valence-corrected chi connectivity index (χ0v) is 18.3. The van der Waals surface area contributed by atoms with Gasteiger partial charge in [0.15, 0.2) is 6.04 Å². The number of nitrogens with one attached hydrogen (secondary N) is 1. The maximum atomic E-state index is 8.49. The smallest absolute Gasteiger partial charge is 0.213 e. The van der Waals surface area contributed by atoms with E-state index in [1.807, 2.05) is 24.3 Å². The lowest BCUT2D eigenvalue weighted by Gasteiger charge is -2.17. The monoisotopic (exact) mass is 447 g/mol. The Labute approximate surface area is 183 Å². The Hall–Kier alpha value is -2.42. The quantitative estimate of drug-likeness (QED) is 0.547. The van der Waals surface area contributed by atoms with Crippen LogP contribution in [0.25, 0.3) is 22.3 Å². The maximum absolute atomic E-state index is 8.49. The van der Waals surface area contributed by atoms with E-state index >= 15 is 0 Å². The molecule has 0 radical (unpaired) electrons. The molecule has 166 valence electrons. The Morgan fingerprint density at radius 2 is 1.58 bits per heavy atom. The predicted molar refractivity (Wildman–Crippen MR) is 104 cm³/mol. The molecule has 7 nitrogen and oxygen atoms in total. The largest absolute Gasteiger partial charge is 0.497 e. The molecule has 0 unspecified atom stereocenters. The number of methoxy groups -OCH3 is 1. The first-order valence-corrected chi connectivity index (χ1v) is 11.4. The summed E-state index contributed by atoms with van der Waals surface area (Å²) in [5, 5.41) is 2.33. The van der Waals surface area contributed by atoms with E-state index < -0.39 is 10.2 Å². The van der Waals surface area contributed by atoms with E-state index in [1.54, 1.807) is 7.11 Å². The maximum Gasteiger partial charge on any atom is 0.213 e. The number of benzene rings is 2. The summed E-state index contributed by atoms with van der Waals surface area (Å²) in [6.45, 7) is 2.13. The summed E-state index contributed by atoms with van der Waals surface area (Å²) in [5.74, 6) is 1.73. The number of hydrogen-bond acceptors (Lipinski definition) is 6. The molecule has 1 N–H and O–H groups in total. The van der Waals surface area contributed by atoms with Gasteiger partial charge in [-0.3, -0.25) is 0 Å². The molecule has 1 aliphatic carbocycles. The van der Waals surface area contributed by atoms with Crippen molar-refractivity contribution in [1.82, 2.24) is 0 Å². The Kier molecular flexibility index (Phi) is 7.69. The van der Waals surface area contributed by atoms with Gasteiger partial charge in [0.25, 0.3) is 0 Å². The molecule has 0 aliphatic heterocycles. The number of halogens is 1. The molecule has 0 atom stereocenters. The number of hydrogen-bond donors (Lipinski definition) is 1. The first-order chi connectivity index (χ1) is 14.7. The summed E-state index contributed by atoms with van der Waals surface area (Å²) in [6, 6.07) is 17.1. The van der Waals surface area contributed by atoms with Gasteiger partial charge in [0.2, 0.25) is 5.36 Å². The molecule has 3 aromatic rings. The number of fused-ring (bicyclic) bond motifs is 1. The molecule has 0 spiro atoms. The third-order valence-corrected chi connectivity index (χ3v) is 5.26. The summed E-state index contributed by atoms with van der Waals surface area (Å²) in [5.41, 5.74) is 3.22. The van der Waals surface area contributed by atoms with E-state index in [1.165, 1.54) is 43.0 Å². The normalized spacial score (nSPS) is 15.5. The lowest BCUT2D eigenvalue weighted by molar-refractivity contribution is -2.00. The predicted octanol–water partition coefficient (Wildman–Crippen LogP) is -1.03. The third kappa shape index (κ3) is 7.05. The third-order valence-electron chi connectivity index (χ3n) is 5.26. The number of ether oxygens (including phenoxy) is 1. The minimum Gasteiger partial charge on any atom is -0.497 e. The highest BCUT2D eigenvalue weighted by atomic mass is 35.7. The minimum absolute atomic E-state index is 0.554. The molecule has 1 aromatic heterocycles. The molecule has 1 aliphatic rings. The van der Waals surface area contributed by atoms with Crippen LogP contribution >= 0.6 is 0 Å². The molecule has 0 saturated heterocycles. The summed E-state index contributed by atoms with van der Waals surface area (Å²) >= 11 is 0. The van der Waals surface area contributed by atoms with Gasteiger partial charge in [0.1, 0.15) is 17.1 Å². The fourth-order valence-electron chi connectivity index (χ4n) is 3.78. The second kappa shape index (κ2) is 10.3. The Morgan fingerprint density at radius 1 is 0.935 bits per heavy atom. The molecular formula is C23H26ClNO6. The summed E-state index contributed by atoms with van der Waals surface area (Å²) < 4.78 is 45.5. The van der Waals surface area contributed by atoms with Gasteiger partial charge in [-0.15, -0.1) is 10.2 Å². The summed E-state index contributed by atoms with van der Waals surface area (Å²) in [6.07, 6.45) is 6.49. The zero-order chi connectivity index (χ0) is 22.4. The molecule has 31 heavy (non-hydrogen) atoms. The van der Waals surface area contributed by atoms with Gasteiger partial charge in [-0.2, -0.15) is 0 Å². The van der Waals surface area contributed by atoms with Crippen molar-refractivity contribution in [3.8, 4) is 17.1 Å². The van der Waals surface area contributed by atoms with Crippen molar-refractivity contribution in [2.24, 2.45) is 0 Å². The topological polar surface area (TPSA) is 129 Å². The van der Waals surface area contributed by atoms with Gasteiger partial charge in [-0.25, -0.2) is 23.6 Å². The lowest BCUT2D eigenvalue weighted by atomic mass is 9.96. The van der Waals surface area contributed by atoms with Crippen molar-refractivity contribution < 1.29 is 43.0 Å². The SMILES string of the molecule is COc1ccc(-c2cc(=[NH+]C3CCCCC3)c3cc(C)ccc3o2)cc1.[O-][Cl+3]([O-])([O-])[O-]. The van der Waals surface area contributed by atoms with E-state index in [4.69, 9.17) is 27.8 Å². The van der Waals surface area contributed by atoms with Crippen LogP contribution in [0.4, 0.5) is 0 Å². The van der Waals surface area contributed by atoms with E-state index in [-0.39, 0.29) is 0 Å². The van der Waals surface area contributed by atoms with E-state index in [0.717, 1.165) is 28.0 Å². The van der Waals surface area contributed by atoms with Crippen molar-refractivity contribution >= 4 is 11.0 Å². The lowest BCUT2D eigenvalue weighted by Crippen LogP contribution is -2.83. The second-order valence-corrected chi connectivity index (χ2v) is 8.37. The van der Waals surface area contributed by atoms with Crippen LogP contribution in [0.3, 0.4) is 0 Å². The molecule has 2 aromatic carbocycles. The fourth-order valence-corrected chi connectivity index (χ4v) is 3.78. The van der Waals surface area contributed by atoms with Crippen LogP contribution < -0.4 is 33.7 Å². The first kappa shape index (κ1) is 23.2.